The molecule has 5 nitrogen and oxygen atoms in total. The van der Waals surface area contributed by atoms with Gasteiger partial charge in [-0.2, -0.15) is 0 Å². The first kappa shape index (κ1) is 14.6. The molecule has 0 fully saturated rings. The highest BCUT2D eigenvalue weighted by molar-refractivity contribution is 7.90. The molecule has 0 unspecified atom stereocenters. The van der Waals surface area contributed by atoms with E-state index in [9.17, 15) is 8.42 Å². The molecule has 0 aliphatic heterocycles. The second-order valence-corrected chi connectivity index (χ2v) is 7.07. The zero-order chi connectivity index (χ0) is 16.6. The van der Waals surface area contributed by atoms with Gasteiger partial charge in [0.15, 0.2) is 0 Å². The number of rotatable bonds is 3. The summed E-state index contributed by atoms with van der Waals surface area (Å²) in [6, 6.07) is 15.7. The summed E-state index contributed by atoms with van der Waals surface area (Å²) in [5, 5.41) is 0.817. The van der Waals surface area contributed by atoms with Crippen LogP contribution in [-0.2, 0) is 10.0 Å². The van der Waals surface area contributed by atoms with Crippen molar-refractivity contribution >= 4 is 20.9 Å². The Morgan fingerprint density at radius 3 is 2.46 bits per heavy atom. The van der Waals surface area contributed by atoms with Crippen LogP contribution in [0.5, 0.6) is 0 Å². The molecule has 118 valence electrons. The average Bonchev–Trinajstić information content (AvgIpc) is 3.08. The van der Waals surface area contributed by atoms with Gasteiger partial charge < -0.3 is 0 Å². The Balaban J connectivity index is 1.94. The Morgan fingerprint density at radius 2 is 1.71 bits per heavy atom. The number of fused-ring (bicyclic) bond motifs is 1. The van der Waals surface area contributed by atoms with E-state index in [0.717, 1.165) is 10.9 Å². The molecule has 0 spiro atoms. The maximum absolute atomic E-state index is 12.9. The van der Waals surface area contributed by atoms with Crippen molar-refractivity contribution in [2.45, 2.75) is 4.90 Å². The van der Waals surface area contributed by atoms with Crippen molar-refractivity contribution in [2.75, 3.05) is 0 Å². The Hall–Kier alpha value is -2.99. The predicted octanol–water partition coefficient (Wildman–Crippen LogP) is 3.34. The van der Waals surface area contributed by atoms with Gasteiger partial charge in [0.2, 0.25) is 0 Å². The summed E-state index contributed by atoms with van der Waals surface area (Å²) in [6.45, 7) is 0. The van der Waals surface area contributed by atoms with Crippen LogP contribution in [0.25, 0.3) is 22.2 Å². The summed E-state index contributed by atoms with van der Waals surface area (Å²) in [6.07, 6.45) is 6.46. The average molecular weight is 335 g/mol. The van der Waals surface area contributed by atoms with Gasteiger partial charge in [0.25, 0.3) is 10.0 Å². The third kappa shape index (κ3) is 2.28. The van der Waals surface area contributed by atoms with E-state index >= 15 is 0 Å². The summed E-state index contributed by atoms with van der Waals surface area (Å²) in [7, 11) is -3.64. The minimum Gasteiger partial charge on any atom is -0.261 e. The van der Waals surface area contributed by atoms with Crippen LogP contribution in [0.15, 0.2) is 84.3 Å². The standard InChI is InChI=1S/C18H13N3O2S/c22-24(23,14-5-2-1-3-6-14)21-12-9-16-15(7-4-8-18(16)21)17-13-19-10-11-20-17/h1-13H. The molecule has 0 bridgehead atoms. The van der Waals surface area contributed by atoms with E-state index in [1.54, 1.807) is 67.3 Å². The van der Waals surface area contributed by atoms with Gasteiger partial charge in [0, 0.05) is 29.5 Å². The lowest BCUT2D eigenvalue weighted by atomic mass is 10.1. The first-order chi connectivity index (χ1) is 11.7. The van der Waals surface area contributed by atoms with E-state index in [4.69, 9.17) is 0 Å². The molecule has 0 N–H and O–H groups in total. The highest BCUT2D eigenvalue weighted by Crippen LogP contribution is 2.29. The van der Waals surface area contributed by atoms with Gasteiger partial charge in [0.05, 0.1) is 22.3 Å². The third-order valence-electron chi connectivity index (χ3n) is 3.84. The third-order valence-corrected chi connectivity index (χ3v) is 5.54. The first-order valence-electron chi connectivity index (χ1n) is 7.35. The van der Waals surface area contributed by atoms with Crippen molar-refractivity contribution < 1.29 is 8.42 Å². The molecule has 0 aliphatic carbocycles. The van der Waals surface area contributed by atoms with E-state index in [-0.39, 0.29) is 4.90 Å². The highest BCUT2D eigenvalue weighted by atomic mass is 32.2. The second-order valence-electron chi connectivity index (χ2n) is 5.26. The van der Waals surface area contributed by atoms with Gasteiger partial charge in [-0.15, -0.1) is 0 Å². The molecule has 0 saturated heterocycles. The molecule has 6 heteroatoms. The van der Waals surface area contributed by atoms with Gasteiger partial charge >= 0.3 is 0 Å². The molecule has 0 aliphatic rings. The van der Waals surface area contributed by atoms with E-state index in [2.05, 4.69) is 9.97 Å². The van der Waals surface area contributed by atoms with Crippen molar-refractivity contribution in [1.29, 1.82) is 0 Å². The molecule has 4 aromatic rings. The van der Waals surface area contributed by atoms with Crippen LogP contribution < -0.4 is 0 Å². The first-order valence-corrected chi connectivity index (χ1v) is 8.79. The Bertz CT molecular complexity index is 1100. The lowest BCUT2D eigenvalue weighted by Crippen LogP contribution is -2.11. The quantitative estimate of drug-likeness (QED) is 0.576. The molecule has 24 heavy (non-hydrogen) atoms. The lowest BCUT2D eigenvalue weighted by molar-refractivity contribution is 0.589. The van der Waals surface area contributed by atoms with Crippen LogP contribution >= 0.6 is 0 Å². The number of nitrogens with zero attached hydrogens (tertiary/aromatic N) is 3. The minimum atomic E-state index is -3.64. The maximum Gasteiger partial charge on any atom is 0.268 e. The number of hydrogen-bond acceptors (Lipinski definition) is 4. The minimum absolute atomic E-state index is 0.257. The van der Waals surface area contributed by atoms with Crippen molar-refractivity contribution in [1.82, 2.24) is 13.9 Å². The number of hydrogen-bond donors (Lipinski definition) is 0. The number of benzene rings is 2. The van der Waals surface area contributed by atoms with Crippen molar-refractivity contribution in [2.24, 2.45) is 0 Å². The van der Waals surface area contributed by atoms with E-state index in [1.807, 2.05) is 12.1 Å². The van der Waals surface area contributed by atoms with Crippen LogP contribution in [-0.4, -0.2) is 22.4 Å². The second kappa shape index (κ2) is 5.58. The smallest absolute Gasteiger partial charge is 0.261 e. The van der Waals surface area contributed by atoms with Crippen LogP contribution in [0.2, 0.25) is 0 Å². The fourth-order valence-corrected chi connectivity index (χ4v) is 4.09. The van der Waals surface area contributed by atoms with Crippen LogP contribution in [0.4, 0.5) is 0 Å². The Kier molecular flexibility index (Phi) is 3.39. The van der Waals surface area contributed by atoms with Crippen molar-refractivity contribution in [3.63, 3.8) is 0 Å². The topological polar surface area (TPSA) is 64.8 Å². The molecule has 0 amide bonds. The fourth-order valence-electron chi connectivity index (χ4n) is 2.72. The predicted molar refractivity (Wildman–Crippen MR) is 92.0 cm³/mol. The SMILES string of the molecule is O=S(=O)(c1ccccc1)n1ccc2c(-c3cnccn3)cccc21. The largest absolute Gasteiger partial charge is 0.268 e. The molecule has 2 aromatic carbocycles. The van der Waals surface area contributed by atoms with Crippen molar-refractivity contribution in [3.8, 4) is 11.3 Å². The molecular weight excluding hydrogens is 322 g/mol. The summed E-state index contributed by atoms with van der Waals surface area (Å²) < 4.78 is 27.1. The van der Waals surface area contributed by atoms with Gasteiger partial charge in [-0.1, -0.05) is 30.3 Å². The number of aromatic nitrogens is 3. The Labute approximate surface area is 139 Å². The Morgan fingerprint density at radius 1 is 0.875 bits per heavy atom. The summed E-state index contributed by atoms with van der Waals surface area (Å²) in [5.74, 6) is 0. The molecule has 0 atom stereocenters. The van der Waals surface area contributed by atoms with Crippen molar-refractivity contribution in [3.05, 3.63) is 79.4 Å². The van der Waals surface area contributed by atoms with E-state index in [0.29, 0.717) is 11.2 Å². The molecule has 0 saturated carbocycles. The summed E-state index contributed by atoms with van der Waals surface area (Å²) in [5.41, 5.74) is 2.17. The van der Waals surface area contributed by atoms with Gasteiger partial charge in [-0.05, 0) is 24.3 Å². The summed E-state index contributed by atoms with van der Waals surface area (Å²) in [4.78, 5) is 8.65. The fraction of sp³-hybridized carbons (Fsp3) is 0. The van der Waals surface area contributed by atoms with Gasteiger partial charge in [-0.3, -0.25) is 9.97 Å². The molecule has 0 radical (unpaired) electrons. The molecular formula is C18H13N3O2S. The molecule has 2 aromatic heterocycles. The lowest BCUT2D eigenvalue weighted by Gasteiger charge is -2.08. The zero-order valence-corrected chi connectivity index (χ0v) is 13.4. The van der Waals surface area contributed by atoms with Gasteiger partial charge in [-0.25, -0.2) is 12.4 Å². The van der Waals surface area contributed by atoms with Crippen LogP contribution in [0.1, 0.15) is 0 Å². The molecule has 2 heterocycles. The normalized spacial score (nSPS) is 11.7. The van der Waals surface area contributed by atoms with Crippen LogP contribution in [0.3, 0.4) is 0 Å². The molecule has 4 rings (SSSR count). The zero-order valence-electron chi connectivity index (χ0n) is 12.6. The van der Waals surface area contributed by atoms with Gasteiger partial charge in [0.1, 0.15) is 0 Å². The van der Waals surface area contributed by atoms with E-state index in [1.165, 1.54) is 3.97 Å². The van der Waals surface area contributed by atoms with Crippen LogP contribution in [0, 0.1) is 0 Å². The highest BCUT2D eigenvalue weighted by Gasteiger charge is 2.19. The maximum atomic E-state index is 12.9. The summed E-state index contributed by atoms with van der Waals surface area (Å²) >= 11 is 0. The monoisotopic (exact) mass is 335 g/mol. The van der Waals surface area contributed by atoms with E-state index < -0.39 is 10.0 Å².